The summed E-state index contributed by atoms with van der Waals surface area (Å²) >= 11 is 5.66. The lowest BCUT2D eigenvalue weighted by Crippen LogP contribution is -2.32. The number of hydrogen-bond acceptors (Lipinski definition) is 5. The molecule has 160 valence electrons. The number of methoxy groups -OCH3 is 2. The van der Waals surface area contributed by atoms with Gasteiger partial charge in [-0.05, 0) is 48.6 Å². The Hall–Kier alpha value is -3.39. The first kappa shape index (κ1) is 20.9. The lowest BCUT2D eigenvalue weighted by Gasteiger charge is -2.28. The first-order valence-corrected chi connectivity index (χ1v) is 10.4. The van der Waals surface area contributed by atoms with Crippen LogP contribution >= 0.6 is 12.2 Å². The molecule has 1 fully saturated rings. The number of esters is 1. The third-order valence-corrected chi connectivity index (χ3v) is 5.75. The van der Waals surface area contributed by atoms with Crippen LogP contribution in [0.5, 0.6) is 5.75 Å². The number of ether oxygens (including phenoxy) is 2. The van der Waals surface area contributed by atoms with Crippen molar-refractivity contribution in [3.05, 3.63) is 78.4 Å². The van der Waals surface area contributed by atoms with Crippen molar-refractivity contribution in [1.29, 1.82) is 0 Å². The molecular formula is C23H24N4O3S. The Bertz CT molecular complexity index is 1070. The maximum absolute atomic E-state index is 11.8. The van der Waals surface area contributed by atoms with E-state index in [0.717, 1.165) is 22.8 Å². The Morgan fingerprint density at radius 2 is 2.03 bits per heavy atom. The van der Waals surface area contributed by atoms with E-state index in [-0.39, 0.29) is 24.5 Å². The van der Waals surface area contributed by atoms with E-state index in [9.17, 15) is 4.79 Å². The fraction of sp³-hybridized carbons (Fsp3) is 0.261. The van der Waals surface area contributed by atoms with Gasteiger partial charge in [0.15, 0.2) is 5.11 Å². The summed E-state index contributed by atoms with van der Waals surface area (Å²) in [5.74, 6) is 0.507. The van der Waals surface area contributed by atoms with Crippen molar-refractivity contribution < 1.29 is 14.3 Å². The van der Waals surface area contributed by atoms with E-state index in [4.69, 9.17) is 21.7 Å². The molecule has 8 heteroatoms. The molecule has 1 N–H and O–H groups in total. The number of hydrogen-bond donors (Lipinski definition) is 1. The third kappa shape index (κ3) is 4.25. The Kier molecular flexibility index (Phi) is 6.18. The predicted octanol–water partition coefficient (Wildman–Crippen LogP) is 3.42. The molecule has 31 heavy (non-hydrogen) atoms. The maximum Gasteiger partial charge on any atom is 0.307 e. The van der Waals surface area contributed by atoms with E-state index in [0.29, 0.717) is 11.7 Å². The molecule has 0 unspecified atom stereocenters. The highest BCUT2D eigenvalue weighted by atomic mass is 32.1. The number of nitrogens with zero attached hydrogens (tertiary/aromatic N) is 3. The predicted molar refractivity (Wildman–Crippen MR) is 121 cm³/mol. The molecule has 4 rings (SSSR count). The second kappa shape index (κ2) is 9.18. The maximum atomic E-state index is 11.8. The SMILES string of the molecule is COC(=O)CCN1C(=S)N[C@@H](c2ccccn2)[C@H]1c1cccn1-c1cccc(OC)c1. The van der Waals surface area contributed by atoms with E-state index < -0.39 is 0 Å². The van der Waals surface area contributed by atoms with Gasteiger partial charge in [-0.3, -0.25) is 9.78 Å². The van der Waals surface area contributed by atoms with E-state index in [1.54, 1.807) is 13.3 Å². The number of nitrogens with one attached hydrogen (secondary N) is 1. The fourth-order valence-electron chi connectivity index (χ4n) is 3.91. The van der Waals surface area contributed by atoms with Crippen molar-refractivity contribution >= 4 is 23.3 Å². The van der Waals surface area contributed by atoms with Gasteiger partial charge in [0.2, 0.25) is 0 Å². The molecule has 3 aromatic rings. The van der Waals surface area contributed by atoms with Crippen LogP contribution in [0.3, 0.4) is 0 Å². The highest BCUT2D eigenvalue weighted by Gasteiger charge is 2.41. The molecule has 1 saturated heterocycles. The Labute approximate surface area is 186 Å². The van der Waals surface area contributed by atoms with Crippen molar-refractivity contribution in [3.63, 3.8) is 0 Å². The van der Waals surface area contributed by atoms with E-state index in [1.807, 2.05) is 59.6 Å². The van der Waals surface area contributed by atoms with Crippen molar-refractivity contribution in [2.24, 2.45) is 0 Å². The van der Waals surface area contributed by atoms with Crippen LogP contribution in [0, 0.1) is 0 Å². The summed E-state index contributed by atoms with van der Waals surface area (Å²) in [6.45, 7) is 0.440. The van der Waals surface area contributed by atoms with Gasteiger partial charge in [-0.2, -0.15) is 0 Å². The molecule has 0 amide bonds. The first-order valence-electron chi connectivity index (χ1n) is 9.99. The average molecular weight is 437 g/mol. The summed E-state index contributed by atoms with van der Waals surface area (Å²) in [5.41, 5.74) is 2.89. The lowest BCUT2D eigenvalue weighted by atomic mass is 10.0. The minimum Gasteiger partial charge on any atom is -0.497 e. The van der Waals surface area contributed by atoms with Gasteiger partial charge >= 0.3 is 5.97 Å². The second-order valence-electron chi connectivity index (χ2n) is 7.15. The van der Waals surface area contributed by atoms with Crippen LogP contribution in [0.1, 0.15) is 29.9 Å². The Morgan fingerprint density at radius 1 is 1.16 bits per heavy atom. The van der Waals surface area contributed by atoms with E-state index in [2.05, 4.69) is 20.9 Å². The van der Waals surface area contributed by atoms with Gasteiger partial charge in [0.25, 0.3) is 0 Å². The molecule has 0 saturated carbocycles. The van der Waals surface area contributed by atoms with Crippen LogP contribution in [0.4, 0.5) is 0 Å². The quantitative estimate of drug-likeness (QED) is 0.450. The summed E-state index contributed by atoms with van der Waals surface area (Å²) in [6.07, 6.45) is 4.03. The molecule has 1 aliphatic rings. The zero-order valence-corrected chi connectivity index (χ0v) is 18.2. The monoisotopic (exact) mass is 436 g/mol. The molecular weight excluding hydrogens is 412 g/mol. The van der Waals surface area contributed by atoms with Crippen LogP contribution in [0.2, 0.25) is 0 Å². The molecule has 0 radical (unpaired) electrons. The normalized spacial score (nSPS) is 18.0. The largest absolute Gasteiger partial charge is 0.497 e. The number of thiocarbonyl (C=S) groups is 1. The van der Waals surface area contributed by atoms with Gasteiger partial charge in [0, 0.05) is 36.4 Å². The van der Waals surface area contributed by atoms with Crippen molar-refractivity contribution in [2.45, 2.75) is 18.5 Å². The molecule has 2 atom stereocenters. The van der Waals surface area contributed by atoms with Crippen LogP contribution in [-0.4, -0.2) is 46.3 Å². The third-order valence-electron chi connectivity index (χ3n) is 5.40. The van der Waals surface area contributed by atoms with Crippen LogP contribution < -0.4 is 10.1 Å². The van der Waals surface area contributed by atoms with Crippen molar-refractivity contribution in [3.8, 4) is 11.4 Å². The number of rotatable bonds is 7. The standard InChI is InChI=1S/C23H24N4O3S/c1-29-17-8-5-7-16(15-17)26-13-6-10-19(26)22-21(18-9-3-4-12-24-18)25-23(31)27(22)14-11-20(28)30-2/h3-10,12-13,15,21-22H,11,14H2,1-2H3,(H,25,31)/t21-,22+/m0/s1. The topological polar surface area (TPSA) is 68.6 Å². The van der Waals surface area contributed by atoms with Gasteiger partial charge in [0.05, 0.1) is 38.4 Å². The minimum atomic E-state index is -0.272. The molecule has 0 aliphatic carbocycles. The van der Waals surface area contributed by atoms with Crippen LogP contribution in [0.25, 0.3) is 5.69 Å². The van der Waals surface area contributed by atoms with Crippen molar-refractivity contribution in [2.75, 3.05) is 20.8 Å². The summed E-state index contributed by atoms with van der Waals surface area (Å²) in [5, 5.41) is 3.99. The molecule has 1 aliphatic heterocycles. The lowest BCUT2D eigenvalue weighted by molar-refractivity contribution is -0.140. The summed E-state index contributed by atoms with van der Waals surface area (Å²) in [4.78, 5) is 18.4. The molecule has 3 heterocycles. The number of carbonyl (C=O) groups is 1. The number of aromatic nitrogens is 2. The Morgan fingerprint density at radius 3 is 2.77 bits per heavy atom. The number of pyridine rings is 1. The summed E-state index contributed by atoms with van der Waals surface area (Å²) in [6, 6.07) is 17.5. The summed E-state index contributed by atoms with van der Waals surface area (Å²) < 4.78 is 12.4. The smallest absolute Gasteiger partial charge is 0.307 e. The van der Waals surface area contributed by atoms with Gasteiger partial charge < -0.3 is 24.3 Å². The van der Waals surface area contributed by atoms with Crippen molar-refractivity contribution in [1.82, 2.24) is 19.8 Å². The van der Waals surface area contributed by atoms with Crippen LogP contribution in [-0.2, 0) is 9.53 Å². The molecule has 0 bridgehead atoms. The van der Waals surface area contributed by atoms with Gasteiger partial charge in [0.1, 0.15) is 5.75 Å². The highest BCUT2D eigenvalue weighted by Crippen LogP contribution is 2.39. The molecule has 7 nitrogen and oxygen atoms in total. The molecule has 0 spiro atoms. The van der Waals surface area contributed by atoms with Crippen LogP contribution in [0.15, 0.2) is 67.0 Å². The zero-order valence-electron chi connectivity index (χ0n) is 17.4. The highest BCUT2D eigenvalue weighted by molar-refractivity contribution is 7.80. The first-order chi connectivity index (χ1) is 15.1. The van der Waals surface area contributed by atoms with E-state index in [1.165, 1.54) is 7.11 Å². The fourth-order valence-corrected chi connectivity index (χ4v) is 4.24. The van der Waals surface area contributed by atoms with Gasteiger partial charge in [-0.25, -0.2) is 0 Å². The van der Waals surface area contributed by atoms with Gasteiger partial charge in [-0.15, -0.1) is 0 Å². The zero-order chi connectivity index (χ0) is 21.8. The average Bonchev–Trinajstić information content (AvgIpc) is 3.42. The molecule has 1 aromatic carbocycles. The van der Waals surface area contributed by atoms with E-state index >= 15 is 0 Å². The second-order valence-corrected chi connectivity index (χ2v) is 7.54. The summed E-state index contributed by atoms with van der Waals surface area (Å²) in [7, 11) is 3.05. The Balaban J connectivity index is 1.76. The minimum absolute atomic E-state index is 0.159. The number of benzene rings is 1. The van der Waals surface area contributed by atoms with Gasteiger partial charge in [-0.1, -0.05) is 12.1 Å². The number of carbonyl (C=O) groups excluding carboxylic acids is 1. The molecule has 2 aromatic heterocycles.